The summed E-state index contributed by atoms with van der Waals surface area (Å²) in [5.74, 6) is 0. The van der Waals surface area contributed by atoms with Gasteiger partial charge in [-0.05, 0) is 20.3 Å². The number of aliphatic hydroxyl groups excluding tert-OH is 1. The van der Waals surface area contributed by atoms with Gasteiger partial charge in [0.15, 0.2) is 0 Å². The molecule has 0 aromatic heterocycles. The monoisotopic (exact) mass is 158 g/mol. The summed E-state index contributed by atoms with van der Waals surface area (Å²) >= 11 is 0. The number of β-amino-alcohol motifs (C(OH)–C–C–N with tert-alkyl or cyclic N) is 1. The highest BCUT2D eigenvalue weighted by Gasteiger charge is 2.25. The molecule has 1 rings (SSSR count). The first-order valence-electron chi connectivity index (χ1n) is 4.29. The van der Waals surface area contributed by atoms with E-state index < -0.39 is 0 Å². The lowest BCUT2D eigenvalue weighted by molar-refractivity contribution is 0.0391. The normalized spacial score (nSPS) is 34.6. The molecule has 0 aliphatic carbocycles. The van der Waals surface area contributed by atoms with Gasteiger partial charge in [0, 0.05) is 25.2 Å². The molecule has 0 aromatic carbocycles. The third kappa shape index (κ3) is 2.15. The maximum atomic E-state index is 9.43. The molecule has 1 heterocycles. The first-order chi connectivity index (χ1) is 5.11. The first kappa shape index (κ1) is 8.97. The van der Waals surface area contributed by atoms with Crippen LogP contribution in [0.25, 0.3) is 0 Å². The minimum atomic E-state index is -0.328. The van der Waals surface area contributed by atoms with Gasteiger partial charge in [-0.3, -0.25) is 4.90 Å². The van der Waals surface area contributed by atoms with Crippen molar-refractivity contribution in [2.45, 2.75) is 38.5 Å². The lowest BCUT2D eigenvalue weighted by Gasteiger charge is -2.36. The average Bonchev–Trinajstić information content (AvgIpc) is 1.94. The van der Waals surface area contributed by atoms with E-state index in [0.29, 0.717) is 6.04 Å². The SMILES string of the molecule is CC(C)N1CCC(N)[C@@H](O)C1. The second-order valence-corrected chi connectivity index (χ2v) is 3.61. The van der Waals surface area contributed by atoms with Crippen molar-refractivity contribution in [3.8, 4) is 0 Å². The van der Waals surface area contributed by atoms with Gasteiger partial charge in [0.25, 0.3) is 0 Å². The van der Waals surface area contributed by atoms with E-state index in [0.717, 1.165) is 19.5 Å². The third-order valence-corrected chi connectivity index (χ3v) is 2.40. The van der Waals surface area contributed by atoms with Crippen molar-refractivity contribution in [3.05, 3.63) is 0 Å². The van der Waals surface area contributed by atoms with Gasteiger partial charge in [-0.2, -0.15) is 0 Å². The summed E-state index contributed by atoms with van der Waals surface area (Å²) in [5.41, 5.74) is 5.66. The van der Waals surface area contributed by atoms with E-state index in [1.165, 1.54) is 0 Å². The number of aliphatic hydroxyl groups is 1. The van der Waals surface area contributed by atoms with Crippen LogP contribution >= 0.6 is 0 Å². The Morgan fingerprint density at radius 1 is 1.55 bits per heavy atom. The molecule has 0 bridgehead atoms. The standard InChI is InChI=1S/C8H18N2O/c1-6(2)10-4-3-7(9)8(11)5-10/h6-8,11H,3-5,9H2,1-2H3/t7?,8-/m0/s1. The Labute approximate surface area is 68.2 Å². The van der Waals surface area contributed by atoms with E-state index >= 15 is 0 Å². The van der Waals surface area contributed by atoms with Crippen LogP contribution in [0.3, 0.4) is 0 Å². The van der Waals surface area contributed by atoms with Crippen LogP contribution in [0.2, 0.25) is 0 Å². The molecule has 1 unspecified atom stereocenters. The quantitative estimate of drug-likeness (QED) is 0.555. The molecule has 1 aliphatic heterocycles. The van der Waals surface area contributed by atoms with Crippen LogP contribution in [-0.4, -0.2) is 41.3 Å². The lowest BCUT2D eigenvalue weighted by atomic mass is 10.0. The summed E-state index contributed by atoms with van der Waals surface area (Å²) in [7, 11) is 0. The Kier molecular flexibility index (Phi) is 2.87. The van der Waals surface area contributed by atoms with E-state index in [1.807, 2.05) is 0 Å². The molecule has 1 fully saturated rings. The summed E-state index contributed by atoms with van der Waals surface area (Å²) in [6.07, 6.45) is 0.588. The Morgan fingerprint density at radius 2 is 2.18 bits per heavy atom. The van der Waals surface area contributed by atoms with Crippen molar-refractivity contribution in [1.29, 1.82) is 0 Å². The Hall–Kier alpha value is -0.120. The lowest BCUT2D eigenvalue weighted by Crippen LogP contribution is -2.52. The zero-order valence-electron chi connectivity index (χ0n) is 7.33. The second kappa shape index (κ2) is 3.52. The smallest absolute Gasteiger partial charge is 0.0818 e. The fraction of sp³-hybridized carbons (Fsp3) is 1.00. The highest BCUT2D eigenvalue weighted by atomic mass is 16.3. The molecule has 2 atom stereocenters. The zero-order valence-corrected chi connectivity index (χ0v) is 7.33. The molecule has 66 valence electrons. The molecular formula is C8H18N2O. The zero-order chi connectivity index (χ0) is 8.43. The Bertz CT molecular complexity index is 127. The molecular weight excluding hydrogens is 140 g/mol. The van der Waals surface area contributed by atoms with E-state index in [1.54, 1.807) is 0 Å². The topological polar surface area (TPSA) is 49.5 Å². The maximum Gasteiger partial charge on any atom is 0.0818 e. The first-order valence-corrected chi connectivity index (χ1v) is 4.29. The molecule has 0 radical (unpaired) electrons. The minimum Gasteiger partial charge on any atom is -0.390 e. The molecule has 3 N–H and O–H groups in total. The van der Waals surface area contributed by atoms with Crippen molar-refractivity contribution in [3.63, 3.8) is 0 Å². The van der Waals surface area contributed by atoms with Gasteiger partial charge in [-0.15, -0.1) is 0 Å². The second-order valence-electron chi connectivity index (χ2n) is 3.61. The maximum absolute atomic E-state index is 9.43. The molecule has 11 heavy (non-hydrogen) atoms. The third-order valence-electron chi connectivity index (χ3n) is 2.40. The molecule has 0 aromatic rings. The highest BCUT2D eigenvalue weighted by Crippen LogP contribution is 2.11. The van der Waals surface area contributed by atoms with Crippen LogP contribution in [0.5, 0.6) is 0 Å². The van der Waals surface area contributed by atoms with Gasteiger partial charge < -0.3 is 10.8 Å². The van der Waals surface area contributed by atoms with E-state index in [2.05, 4.69) is 18.7 Å². The average molecular weight is 158 g/mol. The van der Waals surface area contributed by atoms with Crippen LogP contribution < -0.4 is 5.73 Å². The summed E-state index contributed by atoms with van der Waals surface area (Å²) in [4.78, 5) is 2.26. The van der Waals surface area contributed by atoms with Gasteiger partial charge >= 0.3 is 0 Å². The predicted molar refractivity (Wildman–Crippen MR) is 45.3 cm³/mol. The fourth-order valence-electron chi connectivity index (χ4n) is 1.44. The molecule has 0 spiro atoms. The van der Waals surface area contributed by atoms with Crippen molar-refractivity contribution in [1.82, 2.24) is 4.90 Å². The number of hydrogen-bond acceptors (Lipinski definition) is 3. The Morgan fingerprint density at radius 3 is 2.64 bits per heavy atom. The molecule has 0 amide bonds. The van der Waals surface area contributed by atoms with Gasteiger partial charge in [-0.25, -0.2) is 0 Å². The number of nitrogens with zero attached hydrogens (tertiary/aromatic N) is 1. The highest BCUT2D eigenvalue weighted by molar-refractivity contribution is 4.83. The molecule has 1 saturated heterocycles. The van der Waals surface area contributed by atoms with E-state index in [-0.39, 0.29) is 12.1 Å². The van der Waals surface area contributed by atoms with Crippen molar-refractivity contribution in [2.75, 3.05) is 13.1 Å². The van der Waals surface area contributed by atoms with Crippen LogP contribution in [0.15, 0.2) is 0 Å². The van der Waals surface area contributed by atoms with E-state index in [9.17, 15) is 5.11 Å². The predicted octanol–water partition coefficient (Wildman–Crippen LogP) is -0.211. The largest absolute Gasteiger partial charge is 0.390 e. The van der Waals surface area contributed by atoms with Gasteiger partial charge in [0.05, 0.1) is 6.10 Å². The van der Waals surface area contributed by atoms with Crippen LogP contribution in [0, 0.1) is 0 Å². The summed E-state index contributed by atoms with van der Waals surface area (Å²) in [6, 6.07) is 0.516. The number of hydrogen-bond donors (Lipinski definition) is 2. The molecule has 0 saturated carbocycles. The molecule has 3 heteroatoms. The number of nitrogens with two attached hydrogens (primary N) is 1. The van der Waals surface area contributed by atoms with E-state index in [4.69, 9.17) is 5.73 Å². The number of piperidine rings is 1. The van der Waals surface area contributed by atoms with Gasteiger partial charge in [0.1, 0.15) is 0 Å². The van der Waals surface area contributed by atoms with Crippen LogP contribution in [0.1, 0.15) is 20.3 Å². The number of rotatable bonds is 1. The summed E-state index contributed by atoms with van der Waals surface area (Å²) < 4.78 is 0. The van der Waals surface area contributed by atoms with Crippen LogP contribution in [-0.2, 0) is 0 Å². The van der Waals surface area contributed by atoms with Crippen molar-refractivity contribution >= 4 is 0 Å². The van der Waals surface area contributed by atoms with Crippen molar-refractivity contribution in [2.24, 2.45) is 5.73 Å². The minimum absolute atomic E-state index is 0.00926. The van der Waals surface area contributed by atoms with Crippen molar-refractivity contribution < 1.29 is 5.11 Å². The fourth-order valence-corrected chi connectivity index (χ4v) is 1.44. The van der Waals surface area contributed by atoms with Crippen LogP contribution in [0.4, 0.5) is 0 Å². The summed E-state index contributed by atoms with van der Waals surface area (Å²) in [6.45, 7) is 6.04. The molecule has 3 nitrogen and oxygen atoms in total. The van der Waals surface area contributed by atoms with Gasteiger partial charge in [0.2, 0.25) is 0 Å². The van der Waals surface area contributed by atoms with Gasteiger partial charge in [-0.1, -0.05) is 0 Å². The molecule has 1 aliphatic rings. The Balaban J connectivity index is 2.40. The summed E-state index contributed by atoms with van der Waals surface area (Å²) in [5, 5.41) is 9.43. The number of likely N-dealkylation sites (tertiary alicyclic amines) is 1.